The van der Waals surface area contributed by atoms with Crippen molar-refractivity contribution in [2.45, 2.75) is 37.9 Å². The minimum absolute atomic E-state index is 0.000735. The second-order valence-corrected chi connectivity index (χ2v) is 13.4. The summed E-state index contributed by atoms with van der Waals surface area (Å²) >= 11 is 0. The number of allylic oxidation sites excluding steroid dienone is 1. The maximum Gasteiger partial charge on any atom is 0.238 e. The number of nitrogens with one attached hydrogen (secondary N) is 3. The Morgan fingerprint density at radius 3 is 2.38 bits per heavy atom. The lowest BCUT2D eigenvalue weighted by molar-refractivity contribution is 0.479. The molecule has 0 spiro atoms. The van der Waals surface area contributed by atoms with Gasteiger partial charge in [0.05, 0.1) is 27.6 Å². The lowest BCUT2D eigenvalue weighted by Crippen LogP contribution is -2.29. The maximum atomic E-state index is 14.8. The van der Waals surface area contributed by atoms with Gasteiger partial charge in [0.1, 0.15) is 23.1 Å². The Morgan fingerprint density at radius 2 is 1.74 bits per heavy atom. The summed E-state index contributed by atoms with van der Waals surface area (Å²) in [6.07, 6.45) is 2.58. The van der Waals surface area contributed by atoms with E-state index in [1.54, 1.807) is 13.0 Å². The first-order valence-electron chi connectivity index (χ1n) is 12.2. The highest BCUT2D eigenvalue weighted by atomic mass is 32.2. The van der Waals surface area contributed by atoms with Crippen LogP contribution in [0.4, 0.5) is 31.5 Å². The molecule has 1 aliphatic rings. The fourth-order valence-electron chi connectivity index (χ4n) is 3.96. The number of aryl methyl sites for hydroxylation is 1. The van der Waals surface area contributed by atoms with Crippen LogP contribution in [0.25, 0.3) is 0 Å². The first-order chi connectivity index (χ1) is 18.4. The third kappa shape index (κ3) is 6.51. The van der Waals surface area contributed by atoms with E-state index in [4.69, 9.17) is 4.74 Å². The molecule has 3 N–H and O–H groups in total. The van der Waals surface area contributed by atoms with Crippen LogP contribution in [0.2, 0.25) is 0 Å². The molecule has 1 aliphatic carbocycles. The van der Waals surface area contributed by atoms with Gasteiger partial charge in [-0.3, -0.25) is 9.44 Å². The zero-order valence-electron chi connectivity index (χ0n) is 21.4. The van der Waals surface area contributed by atoms with Gasteiger partial charge in [0.2, 0.25) is 20.0 Å². The summed E-state index contributed by atoms with van der Waals surface area (Å²) in [7, 11) is -7.58. The van der Waals surface area contributed by atoms with Crippen LogP contribution >= 0.6 is 0 Å². The Bertz CT molecular complexity index is 1620. The summed E-state index contributed by atoms with van der Waals surface area (Å²) in [4.78, 5) is 0. The van der Waals surface area contributed by atoms with Crippen LogP contribution in [-0.2, 0) is 20.0 Å². The highest BCUT2D eigenvalue weighted by Gasteiger charge is 2.54. The topological polar surface area (TPSA) is 114 Å². The molecule has 0 radical (unpaired) electrons. The summed E-state index contributed by atoms with van der Waals surface area (Å²) in [6.45, 7) is 6.85. The second kappa shape index (κ2) is 10.9. The Labute approximate surface area is 227 Å². The van der Waals surface area contributed by atoms with Crippen molar-refractivity contribution < 1.29 is 30.4 Å². The number of rotatable bonds is 12. The number of hydrogen-bond donors (Lipinski definition) is 3. The smallest absolute Gasteiger partial charge is 0.238 e. The fourth-order valence-corrected chi connectivity index (χ4v) is 6.27. The minimum Gasteiger partial charge on any atom is -0.455 e. The molecule has 1 fully saturated rings. The van der Waals surface area contributed by atoms with Crippen molar-refractivity contribution in [2.24, 2.45) is 0 Å². The Kier molecular flexibility index (Phi) is 7.89. The third-order valence-corrected chi connectivity index (χ3v) is 9.80. The molecule has 0 heterocycles. The van der Waals surface area contributed by atoms with Gasteiger partial charge in [0.25, 0.3) is 0 Å². The van der Waals surface area contributed by atoms with E-state index >= 15 is 0 Å². The molecule has 4 rings (SSSR count). The van der Waals surface area contributed by atoms with E-state index in [9.17, 15) is 25.6 Å². The van der Waals surface area contributed by atoms with Crippen molar-refractivity contribution in [3.63, 3.8) is 0 Å². The molecule has 0 aliphatic heterocycles. The van der Waals surface area contributed by atoms with E-state index in [0.29, 0.717) is 18.4 Å². The zero-order valence-corrected chi connectivity index (χ0v) is 23.1. The summed E-state index contributed by atoms with van der Waals surface area (Å²) < 4.78 is 90.1. The summed E-state index contributed by atoms with van der Waals surface area (Å²) in [6, 6.07) is 12.3. The maximum absolute atomic E-state index is 14.8. The van der Waals surface area contributed by atoms with Gasteiger partial charge < -0.3 is 10.1 Å². The van der Waals surface area contributed by atoms with Gasteiger partial charge in [-0.05, 0) is 69.0 Å². The molecule has 0 bridgehead atoms. The first kappa shape index (κ1) is 28.4. The SMILES string of the molecule is C=CCC1(S(=O)(=O)Nc2c(Nc3ccc(C)cc3F)cc(F)cc2Oc2cccc(NS(=O)(=O)CC)c2)CC1. The van der Waals surface area contributed by atoms with Crippen molar-refractivity contribution in [1.82, 2.24) is 0 Å². The van der Waals surface area contributed by atoms with Crippen molar-refractivity contribution in [3.05, 3.63) is 84.5 Å². The molecule has 39 heavy (non-hydrogen) atoms. The Hall–Kier alpha value is -3.64. The number of sulfonamides is 2. The standard InChI is InChI=1S/C27H29F2N3O5S2/c1-4-11-27(12-13-27)39(35,36)32-26-24(30-23-10-9-18(3)14-22(23)29)15-19(28)16-25(26)37-21-8-6-7-20(17-21)31-38(33,34)5-2/h4,6-10,14-17,30-32H,1,5,11-13H2,2-3H3. The highest BCUT2D eigenvalue weighted by molar-refractivity contribution is 7.94. The molecular weight excluding hydrogens is 548 g/mol. The van der Waals surface area contributed by atoms with Crippen LogP contribution in [0.15, 0.2) is 67.3 Å². The van der Waals surface area contributed by atoms with Gasteiger partial charge >= 0.3 is 0 Å². The number of benzene rings is 3. The van der Waals surface area contributed by atoms with E-state index in [0.717, 1.165) is 12.1 Å². The average molecular weight is 578 g/mol. The lowest BCUT2D eigenvalue weighted by atomic mass is 10.2. The van der Waals surface area contributed by atoms with Crippen molar-refractivity contribution in [3.8, 4) is 11.5 Å². The van der Waals surface area contributed by atoms with Crippen LogP contribution in [0.3, 0.4) is 0 Å². The number of anilines is 4. The molecular formula is C27H29F2N3O5S2. The van der Waals surface area contributed by atoms with Crippen LogP contribution in [0.5, 0.6) is 11.5 Å². The molecule has 8 nitrogen and oxygen atoms in total. The summed E-state index contributed by atoms with van der Waals surface area (Å²) in [5.41, 5.74) is 0.664. The molecule has 0 unspecified atom stereocenters. The third-order valence-electron chi connectivity index (χ3n) is 6.31. The normalized spacial score (nSPS) is 14.4. The number of halogens is 2. The predicted molar refractivity (Wildman–Crippen MR) is 150 cm³/mol. The summed E-state index contributed by atoms with van der Waals surface area (Å²) in [5, 5.41) is 2.78. The molecule has 0 amide bonds. The summed E-state index contributed by atoms with van der Waals surface area (Å²) in [5.74, 6) is -1.64. The average Bonchev–Trinajstić information content (AvgIpc) is 3.65. The van der Waals surface area contributed by atoms with E-state index in [-0.39, 0.29) is 46.4 Å². The minimum atomic E-state index is -4.01. The fraction of sp³-hybridized carbons (Fsp3) is 0.259. The molecule has 12 heteroatoms. The molecule has 1 saturated carbocycles. The predicted octanol–water partition coefficient (Wildman–Crippen LogP) is 6.42. The van der Waals surface area contributed by atoms with Crippen LogP contribution in [0, 0.1) is 18.6 Å². The number of hydrogen-bond acceptors (Lipinski definition) is 6. The molecule has 3 aromatic carbocycles. The molecule has 0 aromatic heterocycles. The van der Waals surface area contributed by atoms with Gasteiger partial charge in [-0.15, -0.1) is 6.58 Å². The lowest BCUT2D eigenvalue weighted by Gasteiger charge is -2.22. The monoisotopic (exact) mass is 577 g/mol. The van der Waals surface area contributed by atoms with Crippen molar-refractivity contribution >= 4 is 42.8 Å². The largest absolute Gasteiger partial charge is 0.455 e. The van der Waals surface area contributed by atoms with Crippen LogP contribution < -0.4 is 19.5 Å². The molecule has 0 saturated heterocycles. The van der Waals surface area contributed by atoms with Crippen LogP contribution in [0.1, 0.15) is 31.7 Å². The zero-order chi connectivity index (χ0) is 28.4. The van der Waals surface area contributed by atoms with Gasteiger partial charge in [0.15, 0.2) is 5.75 Å². The van der Waals surface area contributed by atoms with Gasteiger partial charge in [0, 0.05) is 12.1 Å². The van der Waals surface area contributed by atoms with E-state index in [2.05, 4.69) is 21.3 Å². The Morgan fingerprint density at radius 1 is 1.00 bits per heavy atom. The molecule has 208 valence electrons. The van der Waals surface area contributed by atoms with Crippen molar-refractivity contribution in [2.75, 3.05) is 20.5 Å². The quantitative estimate of drug-likeness (QED) is 0.214. The highest BCUT2D eigenvalue weighted by Crippen LogP contribution is 2.49. The van der Waals surface area contributed by atoms with Gasteiger partial charge in [-0.25, -0.2) is 25.6 Å². The molecule has 0 atom stereocenters. The van der Waals surface area contributed by atoms with Gasteiger partial charge in [-0.2, -0.15) is 0 Å². The van der Waals surface area contributed by atoms with E-state index in [1.165, 1.54) is 49.4 Å². The Balaban J connectivity index is 1.78. The van der Waals surface area contributed by atoms with Crippen LogP contribution in [-0.4, -0.2) is 27.3 Å². The second-order valence-electron chi connectivity index (χ2n) is 9.35. The van der Waals surface area contributed by atoms with E-state index < -0.39 is 36.4 Å². The number of ether oxygens (including phenoxy) is 1. The van der Waals surface area contributed by atoms with E-state index in [1.807, 2.05) is 0 Å². The molecule has 3 aromatic rings. The van der Waals surface area contributed by atoms with Gasteiger partial charge in [-0.1, -0.05) is 18.2 Å². The van der Waals surface area contributed by atoms with Crippen molar-refractivity contribution in [1.29, 1.82) is 0 Å². The first-order valence-corrected chi connectivity index (χ1v) is 15.3.